The highest BCUT2D eigenvalue weighted by atomic mass is 16.1. The molecule has 90 valence electrons. The van der Waals surface area contributed by atoms with Crippen LogP contribution in [-0.4, -0.2) is 5.78 Å². The Morgan fingerprint density at radius 1 is 1.29 bits per heavy atom. The summed E-state index contributed by atoms with van der Waals surface area (Å²) in [6, 6.07) is 10.5. The quantitative estimate of drug-likeness (QED) is 0.755. The summed E-state index contributed by atoms with van der Waals surface area (Å²) in [6.07, 6.45) is 5.68. The molecule has 17 heavy (non-hydrogen) atoms. The lowest BCUT2D eigenvalue weighted by Crippen LogP contribution is -2.31. The zero-order chi connectivity index (χ0) is 11.9. The van der Waals surface area contributed by atoms with Gasteiger partial charge in [-0.05, 0) is 37.2 Å². The van der Waals surface area contributed by atoms with E-state index in [0.717, 1.165) is 18.8 Å². The summed E-state index contributed by atoms with van der Waals surface area (Å²) in [5.74, 6) is 1.69. The summed E-state index contributed by atoms with van der Waals surface area (Å²) < 4.78 is 0. The summed E-state index contributed by atoms with van der Waals surface area (Å²) in [7, 11) is 0. The molecule has 0 bridgehead atoms. The number of hydrogen-bond donors (Lipinski definition) is 0. The molecular weight excluding hydrogens is 208 g/mol. The zero-order valence-corrected chi connectivity index (χ0v) is 10.5. The smallest absolute Gasteiger partial charge is 0.142 e. The van der Waals surface area contributed by atoms with Crippen LogP contribution in [0.25, 0.3) is 0 Å². The highest BCUT2D eigenvalue weighted by Crippen LogP contribution is 2.51. The highest BCUT2D eigenvalue weighted by Gasteiger charge is 2.51. The van der Waals surface area contributed by atoms with E-state index in [1.54, 1.807) is 0 Å². The maximum absolute atomic E-state index is 12.5. The Morgan fingerprint density at radius 3 is 2.82 bits per heavy atom. The van der Waals surface area contributed by atoms with Crippen LogP contribution in [0, 0.1) is 17.3 Å². The van der Waals surface area contributed by atoms with Crippen LogP contribution >= 0.6 is 0 Å². The second kappa shape index (κ2) is 3.97. The summed E-state index contributed by atoms with van der Waals surface area (Å²) in [5.41, 5.74) is 1.21. The van der Waals surface area contributed by atoms with Gasteiger partial charge in [0.2, 0.25) is 0 Å². The van der Waals surface area contributed by atoms with Gasteiger partial charge in [0.1, 0.15) is 5.78 Å². The van der Waals surface area contributed by atoms with E-state index < -0.39 is 0 Å². The van der Waals surface area contributed by atoms with Gasteiger partial charge in [0, 0.05) is 11.3 Å². The molecule has 2 fully saturated rings. The molecule has 1 nitrogen and oxygen atoms in total. The lowest BCUT2D eigenvalue weighted by atomic mass is 9.75. The molecule has 0 aromatic heterocycles. The predicted octanol–water partition coefficient (Wildman–Crippen LogP) is 3.62. The molecule has 2 aliphatic carbocycles. The van der Waals surface area contributed by atoms with E-state index in [1.807, 2.05) is 6.07 Å². The van der Waals surface area contributed by atoms with E-state index in [9.17, 15) is 4.79 Å². The number of ketones is 1. The predicted molar refractivity (Wildman–Crippen MR) is 68.7 cm³/mol. The topological polar surface area (TPSA) is 17.1 Å². The van der Waals surface area contributed by atoms with Gasteiger partial charge in [0.05, 0.1) is 0 Å². The van der Waals surface area contributed by atoms with E-state index in [-0.39, 0.29) is 5.41 Å². The first-order valence-corrected chi connectivity index (χ1v) is 6.77. The monoisotopic (exact) mass is 228 g/mol. The second-order valence-electron chi connectivity index (χ2n) is 6.08. The summed E-state index contributed by atoms with van der Waals surface area (Å²) >= 11 is 0. The number of carbonyl (C=O) groups excluding carboxylic acids is 1. The summed E-state index contributed by atoms with van der Waals surface area (Å²) in [5, 5.41) is 0. The first-order chi connectivity index (χ1) is 8.19. The van der Waals surface area contributed by atoms with Gasteiger partial charge in [-0.25, -0.2) is 0 Å². The van der Waals surface area contributed by atoms with Crippen molar-refractivity contribution in [1.29, 1.82) is 0 Å². The van der Waals surface area contributed by atoms with Crippen LogP contribution in [0.1, 0.15) is 38.2 Å². The Bertz CT molecular complexity index is 422. The van der Waals surface area contributed by atoms with Gasteiger partial charge in [-0.3, -0.25) is 4.79 Å². The first kappa shape index (κ1) is 11.0. The van der Waals surface area contributed by atoms with E-state index in [4.69, 9.17) is 0 Å². The molecule has 1 aromatic carbocycles. The molecule has 0 amide bonds. The maximum Gasteiger partial charge on any atom is 0.142 e. The Morgan fingerprint density at radius 2 is 2.06 bits per heavy atom. The van der Waals surface area contributed by atoms with Crippen molar-refractivity contribution >= 4 is 5.78 Å². The van der Waals surface area contributed by atoms with E-state index >= 15 is 0 Å². The molecule has 2 aliphatic rings. The van der Waals surface area contributed by atoms with Gasteiger partial charge < -0.3 is 0 Å². The molecule has 3 atom stereocenters. The molecule has 1 aromatic rings. The number of hydrogen-bond acceptors (Lipinski definition) is 1. The van der Waals surface area contributed by atoms with Crippen LogP contribution in [0.2, 0.25) is 0 Å². The average Bonchev–Trinajstić information content (AvgIpc) is 3.08. The lowest BCUT2D eigenvalue weighted by molar-refractivity contribution is -0.129. The third kappa shape index (κ3) is 2.03. The molecular formula is C16H20O. The molecule has 0 unspecified atom stereocenters. The van der Waals surface area contributed by atoms with Crippen molar-refractivity contribution in [2.24, 2.45) is 17.3 Å². The second-order valence-corrected chi connectivity index (χ2v) is 6.08. The fourth-order valence-corrected chi connectivity index (χ4v) is 3.43. The van der Waals surface area contributed by atoms with Crippen LogP contribution in [0.4, 0.5) is 0 Å². The molecule has 1 heteroatoms. The molecule has 0 spiro atoms. The minimum atomic E-state index is -0.0999. The third-order valence-corrected chi connectivity index (χ3v) is 4.59. The van der Waals surface area contributed by atoms with Gasteiger partial charge in [0.15, 0.2) is 0 Å². The van der Waals surface area contributed by atoms with Crippen molar-refractivity contribution in [2.45, 2.75) is 39.0 Å². The SMILES string of the molecule is C[C@]1(Cc2ccccc2)CCC[C@H]2C[C@H]2C1=O. The fraction of sp³-hybridized carbons (Fsp3) is 0.562. The van der Waals surface area contributed by atoms with Gasteiger partial charge in [-0.15, -0.1) is 0 Å². The van der Waals surface area contributed by atoms with Crippen LogP contribution in [0.3, 0.4) is 0 Å². The Hall–Kier alpha value is -1.11. The van der Waals surface area contributed by atoms with Crippen molar-refractivity contribution in [3.8, 4) is 0 Å². The van der Waals surface area contributed by atoms with Crippen molar-refractivity contribution in [1.82, 2.24) is 0 Å². The van der Waals surface area contributed by atoms with Gasteiger partial charge in [0.25, 0.3) is 0 Å². The van der Waals surface area contributed by atoms with Crippen molar-refractivity contribution in [2.75, 3.05) is 0 Å². The Kier molecular flexibility index (Phi) is 2.57. The normalized spacial score (nSPS) is 36.2. The fourth-order valence-electron chi connectivity index (χ4n) is 3.43. The molecule has 3 rings (SSSR count). The van der Waals surface area contributed by atoms with E-state index in [1.165, 1.54) is 24.8 Å². The molecule has 0 saturated heterocycles. The van der Waals surface area contributed by atoms with Crippen LogP contribution in [0.15, 0.2) is 30.3 Å². The van der Waals surface area contributed by atoms with E-state index in [2.05, 4.69) is 31.2 Å². The van der Waals surface area contributed by atoms with Crippen molar-refractivity contribution < 1.29 is 4.79 Å². The molecule has 0 aliphatic heterocycles. The zero-order valence-electron chi connectivity index (χ0n) is 10.5. The van der Waals surface area contributed by atoms with Crippen molar-refractivity contribution in [3.63, 3.8) is 0 Å². The molecule has 0 N–H and O–H groups in total. The standard InChI is InChI=1S/C16H20O/c1-16(11-12-6-3-2-4-7-12)9-5-8-13-10-14(13)15(16)17/h2-4,6-7,13-14H,5,8-11H2,1H3/t13-,14+,16+/m0/s1. The first-order valence-electron chi connectivity index (χ1n) is 6.77. The molecule has 0 heterocycles. The van der Waals surface area contributed by atoms with E-state index in [0.29, 0.717) is 11.7 Å². The van der Waals surface area contributed by atoms with Gasteiger partial charge in [-0.1, -0.05) is 43.7 Å². The lowest BCUT2D eigenvalue weighted by Gasteiger charge is -2.27. The average molecular weight is 228 g/mol. The third-order valence-electron chi connectivity index (χ3n) is 4.59. The van der Waals surface area contributed by atoms with Crippen molar-refractivity contribution in [3.05, 3.63) is 35.9 Å². The minimum Gasteiger partial charge on any atom is -0.299 e. The van der Waals surface area contributed by atoms with Gasteiger partial charge in [-0.2, -0.15) is 0 Å². The van der Waals surface area contributed by atoms with Crippen LogP contribution in [0.5, 0.6) is 0 Å². The number of fused-ring (bicyclic) bond motifs is 1. The summed E-state index contributed by atoms with van der Waals surface area (Å²) in [4.78, 5) is 12.5. The summed E-state index contributed by atoms with van der Waals surface area (Å²) in [6.45, 7) is 2.18. The molecule has 0 radical (unpaired) electrons. The number of carbonyl (C=O) groups is 1. The number of Topliss-reactive ketones (excluding diaryl/α,β-unsaturated/α-hetero) is 1. The largest absolute Gasteiger partial charge is 0.299 e. The maximum atomic E-state index is 12.5. The number of rotatable bonds is 2. The van der Waals surface area contributed by atoms with Crippen LogP contribution < -0.4 is 0 Å². The van der Waals surface area contributed by atoms with Gasteiger partial charge >= 0.3 is 0 Å². The Balaban J connectivity index is 1.81. The Labute approximate surface area is 103 Å². The number of benzene rings is 1. The molecule has 2 saturated carbocycles. The van der Waals surface area contributed by atoms with Crippen LogP contribution in [-0.2, 0) is 11.2 Å². The highest BCUT2D eigenvalue weighted by molar-refractivity contribution is 5.89. The minimum absolute atomic E-state index is 0.0999.